The van der Waals surface area contributed by atoms with E-state index in [1.807, 2.05) is 0 Å². The number of hydrogen-bond acceptors (Lipinski definition) is 4. The van der Waals surface area contributed by atoms with Crippen LogP contribution in [-0.2, 0) is 16.0 Å². The zero-order valence-corrected chi connectivity index (χ0v) is 8.23. The van der Waals surface area contributed by atoms with Crippen LogP contribution in [0.15, 0.2) is 24.3 Å². The number of hydrogen-bond donors (Lipinski definition) is 1. The molecule has 0 aliphatic rings. The second-order valence-corrected chi connectivity index (χ2v) is 2.82. The standard InChI is InChI=1S/C10H11NO4/c1-14-8-4-2-7(3-5-8)6-9(12)15-10(11)13/h2-5H,6H2,1H3,(H2,11,13). The van der Waals surface area contributed by atoms with Gasteiger partial charge in [-0.05, 0) is 17.7 Å². The third kappa shape index (κ3) is 3.68. The molecular formula is C10H11NO4. The summed E-state index contributed by atoms with van der Waals surface area (Å²) in [7, 11) is 1.55. The van der Waals surface area contributed by atoms with E-state index in [4.69, 9.17) is 10.5 Å². The highest BCUT2D eigenvalue weighted by molar-refractivity contribution is 5.84. The second-order valence-electron chi connectivity index (χ2n) is 2.82. The van der Waals surface area contributed by atoms with Crippen molar-refractivity contribution in [2.45, 2.75) is 6.42 Å². The van der Waals surface area contributed by atoms with Gasteiger partial charge in [0.15, 0.2) is 0 Å². The molecule has 5 heteroatoms. The third-order valence-electron chi connectivity index (χ3n) is 1.72. The van der Waals surface area contributed by atoms with Gasteiger partial charge in [-0.1, -0.05) is 12.1 Å². The van der Waals surface area contributed by atoms with Gasteiger partial charge in [-0.3, -0.25) is 4.79 Å². The summed E-state index contributed by atoms with van der Waals surface area (Å²) >= 11 is 0. The molecule has 5 nitrogen and oxygen atoms in total. The zero-order valence-electron chi connectivity index (χ0n) is 8.23. The van der Waals surface area contributed by atoms with Gasteiger partial charge in [0.1, 0.15) is 5.75 Å². The highest BCUT2D eigenvalue weighted by Crippen LogP contribution is 2.11. The molecule has 80 valence electrons. The fraction of sp³-hybridized carbons (Fsp3) is 0.200. The molecule has 1 amide bonds. The monoisotopic (exact) mass is 209 g/mol. The molecule has 0 aromatic heterocycles. The quantitative estimate of drug-likeness (QED) is 0.591. The number of nitrogens with two attached hydrogens (primary N) is 1. The summed E-state index contributed by atoms with van der Waals surface area (Å²) in [6.07, 6.45) is -1.08. The van der Waals surface area contributed by atoms with Crippen LogP contribution in [0.4, 0.5) is 4.79 Å². The van der Waals surface area contributed by atoms with Gasteiger partial charge in [0.2, 0.25) is 0 Å². The lowest BCUT2D eigenvalue weighted by molar-refractivity contribution is -0.136. The van der Waals surface area contributed by atoms with E-state index in [1.54, 1.807) is 31.4 Å². The summed E-state index contributed by atoms with van der Waals surface area (Å²) < 4.78 is 9.13. The Balaban J connectivity index is 2.57. The van der Waals surface area contributed by atoms with Crippen LogP contribution in [0.25, 0.3) is 0 Å². The molecule has 15 heavy (non-hydrogen) atoms. The average molecular weight is 209 g/mol. The average Bonchev–Trinajstić information content (AvgIpc) is 2.17. The molecule has 0 spiro atoms. The smallest absolute Gasteiger partial charge is 0.412 e. The summed E-state index contributed by atoms with van der Waals surface area (Å²) in [4.78, 5) is 21.3. The number of carbonyl (C=O) groups is 2. The molecule has 1 aromatic rings. The lowest BCUT2D eigenvalue weighted by Crippen LogP contribution is -2.19. The first kappa shape index (κ1) is 11.0. The van der Waals surface area contributed by atoms with Crippen LogP contribution in [0.2, 0.25) is 0 Å². The van der Waals surface area contributed by atoms with Crippen molar-refractivity contribution in [1.29, 1.82) is 0 Å². The Morgan fingerprint density at radius 3 is 2.33 bits per heavy atom. The topological polar surface area (TPSA) is 78.6 Å². The van der Waals surface area contributed by atoms with Gasteiger partial charge in [-0.25, -0.2) is 4.79 Å². The Morgan fingerprint density at radius 1 is 1.27 bits per heavy atom. The van der Waals surface area contributed by atoms with Gasteiger partial charge in [0.25, 0.3) is 0 Å². The van der Waals surface area contributed by atoms with Crippen molar-refractivity contribution in [2.75, 3.05) is 7.11 Å². The molecule has 1 rings (SSSR count). The Hall–Kier alpha value is -2.04. The molecule has 0 aliphatic heterocycles. The highest BCUT2D eigenvalue weighted by Gasteiger charge is 2.07. The number of methoxy groups -OCH3 is 1. The number of amides is 1. The van der Waals surface area contributed by atoms with E-state index in [-0.39, 0.29) is 6.42 Å². The maximum atomic E-state index is 11.0. The second kappa shape index (κ2) is 4.99. The summed E-state index contributed by atoms with van der Waals surface area (Å²) in [5.74, 6) is 0.0229. The predicted octanol–water partition coefficient (Wildman–Crippen LogP) is 0.860. The van der Waals surface area contributed by atoms with Gasteiger partial charge in [0, 0.05) is 0 Å². The molecular weight excluding hydrogens is 198 g/mol. The first-order valence-corrected chi connectivity index (χ1v) is 4.25. The molecule has 0 saturated heterocycles. The molecule has 0 aliphatic carbocycles. The first-order chi connectivity index (χ1) is 7.11. The molecule has 2 N–H and O–H groups in total. The van der Waals surface area contributed by atoms with Gasteiger partial charge in [-0.2, -0.15) is 0 Å². The number of carbonyl (C=O) groups excluding carboxylic acids is 2. The Labute approximate surface area is 86.8 Å². The van der Waals surface area contributed by atoms with Crippen LogP contribution in [0.3, 0.4) is 0 Å². The van der Waals surface area contributed by atoms with E-state index in [9.17, 15) is 9.59 Å². The maximum Gasteiger partial charge on any atom is 0.412 e. The molecule has 0 atom stereocenters. The minimum Gasteiger partial charge on any atom is -0.497 e. The van der Waals surface area contributed by atoms with E-state index in [2.05, 4.69) is 4.74 Å². The SMILES string of the molecule is COc1ccc(CC(=O)OC(N)=O)cc1. The Bertz CT molecular complexity index is 358. The maximum absolute atomic E-state index is 11.0. The van der Waals surface area contributed by atoms with E-state index in [0.29, 0.717) is 5.75 Å². The van der Waals surface area contributed by atoms with Gasteiger partial charge in [-0.15, -0.1) is 0 Å². The van der Waals surface area contributed by atoms with Crippen molar-refractivity contribution in [1.82, 2.24) is 0 Å². The fourth-order valence-electron chi connectivity index (χ4n) is 1.06. The third-order valence-corrected chi connectivity index (χ3v) is 1.72. The molecule has 0 heterocycles. The molecule has 0 bridgehead atoms. The van der Waals surface area contributed by atoms with Crippen molar-refractivity contribution < 1.29 is 19.1 Å². The minimum absolute atomic E-state index is 0.00688. The molecule has 0 unspecified atom stereocenters. The molecule has 0 radical (unpaired) electrons. The highest BCUT2D eigenvalue weighted by atomic mass is 16.6. The molecule has 0 fully saturated rings. The van der Waals surface area contributed by atoms with Crippen LogP contribution >= 0.6 is 0 Å². The molecule has 0 saturated carbocycles. The fourth-order valence-corrected chi connectivity index (χ4v) is 1.06. The van der Waals surface area contributed by atoms with Crippen LogP contribution in [-0.4, -0.2) is 19.2 Å². The number of primary amides is 1. The van der Waals surface area contributed by atoms with Gasteiger partial charge < -0.3 is 15.2 Å². The van der Waals surface area contributed by atoms with Crippen molar-refractivity contribution in [3.8, 4) is 5.75 Å². The summed E-state index contributed by atoms with van der Waals surface area (Å²) in [5.41, 5.74) is 5.41. The Morgan fingerprint density at radius 2 is 1.87 bits per heavy atom. The van der Waals surface area contributed by atoms with E-state index in [1.165, 1.54) is 0 Å². The summed E-state index contributed by atoms with van der Waals surface area (Å²) in [5, 5.41) is 0. The summed E-state index contributed by atoms with van der Waals surface area (Å²) in [6.45, 7) is 0. The number of benzene rings is 1. The van der Waals surface area contributed by atoms with Crippen LogP contribution in [0.5, 0.6) is 5.75 Å². The van der Waals surface area contributed by atoms with Crippen LogP contribution in [0.1, 0.15) is 5.56 Å². The lowest BCUT2D eigenvalue weighted by atomic mass is 10.1. The summed E-state index contributed by atoms with van der Waals surface area (Å²) in [6, 6.07) is 6.85. The van der Waals surface area contributed by atoms with Crippen molar-refractivity contribution in [3.05, 3.63) is 29.8 Å². The van der Waals surface area contributed by atoms with Crippen molar-refractivity contribution in [2.24, 2.45) is 5.73 Å². The van der Waals surface area contributed by atoms with E-state index < -0.39 is 12.1 Å². The van der Waals surface area contributed by atoms with Crippen molar-refractivity contribution >= 4 is 12.1 Å². The normalized spacial score (nSPS) is 9.40. The molecule has 1 aromatic carbocycles. The predicted molar refractivity (Wildman–Crippen MR) is 52.4 cm³/mol. The van der Waals surface area contributed by atoms with E-state index >= 15 is 0 Å². The number of ether oxygens (including phenoxy) is 2. The Kier molecular flexibility index (Phi) is 3.68. The van der Waals surface area contributed by atoms with Gasteiger partial charge >= 0.3 is 12.1 Å². The number of rotatable bonds is 3. The van der Waals surface area contributed by atoms with E-state index in [0.717, 1.165) is 5.56 Å². The first-order valence-electron chi connectivity index (χ1n) is 4.25. The van der Waals surface area contributed by atoms with Crippen LogP contribution < -0.4 is 10.5 Å². The minimum atomic E-state index is -1.09. The largest absolute Gasteiger partial charge is 0.497 e. The van der Waals surface area contributed by atoms with Crippen molar-refractivity contribution in [3.63, 3.8) is 0 Å². The van der Waals surface area contributed by atoms with Crippen LogP contribution in [0, 0.1) is 0 Å². The van der Waals surface area contributed by atoms with Gasteiger partial charge in [0.05, 0.1) is 13.5 Å². The zero-order chi connectivity index (χ0) is 11.3. The number of esters is 1. The lowest BCUT2D eigenvalue weighted by Gasteiger charge is -2.02.